The molecule has 0 spiro atoms. The van der Waals surface area contributed by atoms with Gasteiger partial charge in [0.1, 0.15) is 0 Å². The molecule has 0 aliphatic heterocycles. The fraction of sp³-hybridized carbons (Fsp3) is 0.357. The number of allylic oxidation sites excluding steroid dienone is 1. The zero-order chi connectivity index (χ0) is 12.3. The second-order valence-electron chi connectivity index (χ2n) is 4.38. The minimum absolute atomic E-state index is 0.257. The molecule has 17 heavy (non-hydrogen) atoms. The van der Waals surface area contributed by atoms with Crippen molar-refractivity contribution in [2.75, 3.05) is 5.32 Å². The summed E-state index contributed by atoms with van der Waals surface area (Å²) >= 11 is 6.17. The summed E-state index contributed by atoms with van der Waals surface area (Å²) in [5.74, 6) is 0.257. The standard InChI is InChI=1S/C14H16ClNO/c1-10-5-4-7-12(14(10)15)16-9-11-6-2-3-8-13(11)17/h4-5,7,9,16H,2-3,6,8H2,1H3. The average Bonchev–Trinajstić information content (AvgIpc) is 2.33. The molecule has 1 aliphatic rings. The van der Waals surface area contributed by atoms with E-state index in [2.05, 4.69) is 5.32 Å². The molecule has 90 valence electrons. The first kappa shape index (κ1) is 12.2. The Labute approximate surface area is 107 Å². The molecule has 0 radical (unpaired) electrons. The van der Waals surface area contributed by atoms with Gasteiger partial charge in [-0.15, -0.1) is 0 Å². The van der Waals surface area contributed by atoms with E-state index in [0.29, 0.717) is 11.4 Å². The van der Waals surface area contributed by atoms with Crippen LogP contribution in [0, 0.1) is 6.92 Å². The van der Waals surface area contributed by atoms with Crippen molar-refractivity contribution < 1.29 is 4.79 Å². The van der Waals surface area contributed by atoms with E-state index in [1.165, 1.54) is 0 Å². The van der Waals surface area contributed by atoms with E-state index < -0.39 is 0 Å². The molecule has 0 bridgehead atoms. The second-order valence-corrected chi connectivity index (χ2v) is 4.76. The van der Waals surface area contributed by atoms with E-state index in [4.69, 9.17) is 11.6 Å². The highest BCUT2D eigenvalue weighted by Crippen LogP contribution is 2.26. The molecule has 2 rings (SSSR count). The summed E-state index contributed by atoms with van der Waals surface area (Å²) in [5.41, 5.74) is 2.77. The molecule has 0 aromatic heterocycles. The number of carbonyl (C=O) groups excluding carboxylic acids is 1. The molecule has 1 aromatic carbocycles. The number of halogens is 1. The lowest BCUT2D eigenvalue weighted by Crippen LogP contribution is -2.10. The minimum Gasteiger partial charge on any atom is -0.360 e. The lowest BCUT2D eigenvalue weighted by atomic mass is 9.94. The molecule has 0 saturated heterocycles. The van der Waals surface area contributed by atoms with Crippen LogP contribution in [-0.4, -0.2) is 5.78 Å². The van der Waals surface area contributed by atoms with Crippen molar-refractivity contribution in [2.24, 2.45) is 0 Å². The van der Waals surface area contributed by atoms with Crippen molar-refractivity contribution in [3.05, 3.63) is 40.6 Å². The van der Waals surface area contributed by atoms with Crippen molar-refractivity contribution in [3.63, 3.8) is 0 Å². The molecule has 0 atom stereocenters. The van der Waals surface area contributed by atoms with Gasteiger partial charge in [-0.3, -0.25) is 4.79 Å². The van der Waals surface area contributed by atoms with Crippen molar-refractivity contribution in [3.8, 4) is 0 Å². The third-order valence-electron chi connectivity index (χ3n) is 3.05. The predicted molar refractivity (Wildman–Crippen MR) is 71.4 cm³/mol. The van der Waals surface area contributed by atoms with Gasteiger partial charge in [-0.25, -0.2) is 0 Å². The van der Waals surface area contributed by atoms with E-state index in [1.54, 1.807) is 0 Å². The van der Waals surface area contributed by atoms with E-state index in [0.717, 1.165) is 36.1 Å². The Bertz CT molecular complexity index is 465. The van der Waals surface area contributed by atoms with Gasteiger partial charge in [-0.05, 0) is 37.8 Å². The number of benzene rings is 1. The Kier molecular flexibility index (Phi) is 3.85. The maximum atomic E-state index is 11.6. The van der Waals surface area contributed by atoms with Crippen LogP contribution in [0.2, 0.25) is 5.02 Å². The van der Waals surface area contributed by atoms with Crippen LogP contribution >= 0.6 is 11.6 Å². The smallest absolute Gasteiger partial charge is 0.160 e. The van der Waals surface area contributed by atoms with Crippen molar-refractivity contribution in [2.45, 2.75) is 32.6 Å². The van der Waals surface area contributed by atoms with Crippen molar-refractivity contribution in [1.82, 2.24) is 0 Å². The highest BCUT2D eigenvalue weighted by atomic mass is 35.5. The van der Waals surface area contributed by atoms with Gasteiger partial charge in [0.05, 0.1) is 10.7 Å². The van der Waals surface area contributed by atoms with Gasteiger partial charge in [-0.2, -0.15) is 0 Å². The number of rotatable bonds is 2. The van der Waals surface area contributed by atoms with Crippen LogP contribution in [0.1, 0.15) is 31.2 Å². The SMILES string of the molecule is Cc1cccc(NC=C2CCCCC2=O)c1Cl. The normalized spacial score (nSPS) is 18.5. The first-order valence-electron chi connectivity index (χ1n) is 5.92. The molecule has 0 heterocycles. The largest absolute Gasteiger partial charge is 0.360 e. The second kappa shape index (κ2) is 5.37. The summed E-state index contributed by atoms with van der Waals surface area (Å²) in [5, 5.41) is 3.85. The first-order valence-corrected chi connectivity index (χ1v) is 6.30. The van der Waals surface area contributed by atoms with Crippen LogP contribution in [0.5, 0.6) is 0 Å². The molecule has 0 amide bonds. The molecule has 0 unspecified atom stereocenters. The summed E-state index contributed by atoms with van der Waals surface area (Å²) in [6, 6.07) is 5.83. The zero-order valence-electron chi connectivity index (χ0n) is 9.92. The summed E-state index contributed by atoms with van der Waals surface area (Å²) < 4.78 is 0. The topological polar surface area (TPSA) is 29.1 Å². The van der Waals surface area contributed by atoms with Crippen LogP contribution in [0.15, 0.2) is 30.0 Å². The summed E-state index contributed by atoms with van der Waals surface area (Å²) in [4.78, 5) is 11.6. The first-order chi connectivity index (χ1) is 8.18. The summed E-state index contributed by atoms with van der Waals surface area (Å²) in [6.45, 7) is 1.96. The maximum absolute atomic E-state index is 11.6. The number of ketones is 1. The molecule has 1 aromatic rings. The number of nitrogens with one attached hydrogen (secondary N) is 1. The lowest BCUT2D eigenvalue weighted by Gasteiger charge is -2.13. The Hall–Kier alpha value is -1.28. The molecule has 3 heteroatoms. The van der Waals surface area contributed by atoms with Crippen LogP contribution in [0.25, 0.3) is 0 Å². The highest BCUT2D eigenvalue weighted by Gasteiger charge is 2.14. The average molecular weight is 250 g/mol. The Morgan fingerprint density at radius 2 is 2.06 bits per heavy atom. The van der Waals surface area contributed by atoms with Crippen LogP contribution in [0.3, 0.4) is 0 Å². The molecular weight excluding hydrogens is 234 g/mol. The number of carbonyl (C=O) groups is 1. The molecule has 1 aliphatic carbocycles. The van der Waals surface area contributed by atoms with E-state index >= 15 is 0 Å². The molecule has 1 fully saturated rings. The third kappa shape index (κ3) is 2.89. The minimum atomic E-state index is 0.257. The fourth-order valence-electron chi connectivity index (χ4n) is 1.98. The number of aryl methyl sites for hydroxylation is 1. The van der Waals surface area contributed by atoms with E-state index in [-0.39, 0.29) is 5.78 Å². The monoisotopic (exact) mass is 249 g/mol. The van der Waals surface area contributed by atoms with Gasteiger partial charge in [-0.1, -0.05) is 23.7 Å². The molecule has 2 nitrogen and oxygen atoms in total. The Balaban J connectivity index is 2.13. The van der Waals surface area contributed by atoms with Gasteiger partial charge in [0.15, 0.2) is 5.78 Å². The summed E-state index contributed by atoms with van der Waals surface area (Å²) in [6.07, 6.45) is 5.47. The lowest BCUT2D eigenvalue weighted by molar-refractivity contribution is -0.116. The summed E-state index contributed by atoms with van der Waals surface area (Å²) in [7, 11) is 0. The Morgan fingerprint density at radius 1 is 1.29 bits per heavy atom. The zero-order valence-corrected chi connectivity index (χ0v) is 10.7. The quantitative estimate of drug-likeness (QED) is 0.800. The van der Waals surface area contributed by atoms with Gasteiger partial charge < -0.3 is 5.32 Å². The van der Waals surface area contributed by atoms with Crippen LogP contribution in [0.4, 0.5) is 5.69 Å². The van der Waals surface area contributed by atoms with Crippen molar-refractivity contribution >= 4 is 23.1 Å². The predicted octanol–water partition coefficient (Wildman–Crippen LogP) is 4.09. The van der Waals surface area contributed by atoms with Crippen LogP contribution in [-0.2, 0) is 4.79 Å². The molecular formula is C14H16ClNO. The number of anilines is 1. The van der Waals surface area contributed by atoms with Crippen LogP contribution < -0.4 is 5.32 Å². The third-order valence-corrected chi connectivity index (χ3v) is 3.55. The van der Waals surface area contributed by atoms with Gasteiger partial charge in [0, 0.05) is 18.2 Å². The highest BCUT2D eigenvalue weighted by molar-refractivity contribution is 6.34. The van der Waals surface area contributed by atoms with Gasteiger partial charge in [0.25, 0.3) is 0 Å². The fourth-order valence-corrected chi connectivity index (χ4v) is 2.16. The van der Waals surface area contributed by atoms with E-state index in [9.17, 15) is 4.79 Å². The number of hydrogen-bond donors (Lipinski definition) is 1. The molecule has 1 saturated carbocycles. The molecule has 1 N–H and O–H groups in total. The number of Topliss-reactive ketones (excluding diaryl/α,β-unsaturated/α-hetero) is 1. The number of hydrogen-bond acceptors (Lipinski definition) is 2. The Morgan fingerprint density at radius 3 is 2.82 bits per heavy atom. The van der Waals surface area contributed by atoms with Gasteiger partial charge in [0.2, 0.25) is 0 Å². The maximum Gasteiger partial charge on any atom is 0.160 e. The van der Waals surface area contributed by atoms with E-state index in [1.807, 2.05) is 31.3 Å². The van der Waals surface area contributed by atoms with Gasteiger partial charge >= 0.3 is 0 Å². The van der Waals surface area contributed by atoms with Crippen molar-refractivity contribution in [1.29, 1.82) is 0 Å².